The standard InChI is InChI=1S/C9H18N2O/c1-4-7-11(3)9(12)8(2)5-6-10/h4,8H,1,5-7,10H2,2-3H3. The molecular formula is C9H18N2O. The van der Waals surface area contributed by atoms with Crippen molar-refractivity contribution < 1.29 is 4.79 Å². The van der Waals surface area contributed by atoms with Gasteiger partial charge in [-0.15, -0.1) is 6.58 Å². The van der Waals surface area contributed by atoms with Crippen LogP contribution in [0.4, 0.5) is 0 Å². The summed E-state index contributed by atoms with van der Waals surface area (Å²) in [4.78, 5) is 13.1. The fourth-order valence-electron chi connectivity index (χ4n) is 1.03. The summed E-state index contributed by atoms with van der Waals surface area (Å²) in [5.41, 5.74) is 5.35. The third-order valence-corrected chi connectivity index (χ3v) is 1.80. The first kappa shape index (κ1) is 11.2. The zero-order valence-corrected chi connectivity index (χ0v) is 7.92. The molecule has 0 bridgehead atoms. The Balaban J connectivity index is 3.90. The molecule has 12 heavy (non-hydrogen) atoms. The predicted octanol–water partition coefficient (Wildman–Crippen LogP) is 0.616. The lowest BCUT2D eigenvalue weighted by Gasteiger charge is -2.19. The summed E-state index contributed by atoms with van der Waals surface area (Å²) in [6, 6.07) is 0. The largest absolute Gasteiger partial charge is 0.342 e. The Morgan fingerprint density at radius 2 is 2.33 bits per heavy atom. The van der Waals surface area contributed by atoms with E-state index in [1.807, 2.05) is 6.92 Å². The van der Waals surface area contributed by atoms with Gasteiger partial charge in [0.2, 0.25) is 5.91 Å². The van der Waals surface area contributed by atoms with Crippen LogP contribution in [0.2, 0.25) is 0 Å². The molecule has 0 aliphatic rings. The summed E-state index contributed by atoms with van der Waals surface area (Å²) in [7, 11) is 1.77. The molecule has 0 aromatic heterocycles. The Morgan fingerprint density at radius 1 is 1.75 bits per heavy atom. The van der Waals surface area contributed by atoms with Crippen molar-refractivity contribution in [2.75, 3.05) is 20.1 Å². The summed E-state index contributed by atoms with van der Waals surface area (Å²) in [5, 5.41) is 0. The zero-order chi connectivity index (χ0) is 9.56. The molecule has 1 atom stereocenters. The number of nitrogens with zero attached hydrogens (tertiary/aromatic N) is 1. The molecule has 0 heterocycles. The van der Waals surface area contributed by atoms with Crippen LogP contribution in [0.15, 0.2) is 12.7 Å². The SMILES string of the molecule is C=CCN(C)C(=O)C(C)CCN. The Morgan fingerprint density at radius 3 is 2.75 bits per heavy atom. The van der Waals surface area contributed by atoms with Crippen molar-refractivity contribution in [1.29, 1.82) is 0 Å². The van der Waals surface area contributed by atoms with E-state index in [1.165, 1.54) is 0 Å². The number of carbonyl (C=O) groups is 1. The molecule has 3 nitrogen and oxygen atoms in total. The predicted molar refractivity (Wildman–Crippen MR) is 50.7 cm³/mol. The van der Waals surface area contributed by atoms with E-state index in [1.54, 1.807) is 18.0 Å². The van der Waals surface area contributed by atoms with E-state index >= 15 is 0 Å². The van der Waals surface area contributed by atoms with E-state index in [4.69, 9.17) is 5.73 Å². The van der Waals surface area contributed by atoms with Crippen molar-refractivity contribution in [3.8, 4) is 0 Å². The third kappa shape index (κ3) is 3.53. The second-order valence-electron chi connectivity index (χ2n) is 2.99. The van der Waals surface area contributed by atoms with Gasteiger partial charge in [0, 0.05) is 19.5 Å². The molecule has 3 heteroatoms. The lowest BCUT2D eigenvalue weighted by atomic mass is 10.1. The van der Waals surface area contributed by atoms with Gasteiger partial charge in [0.05, 0.1) is 0 Å². The van der Waals surface area contributed by atoms with Crippen LogP contribution in [0.3, 0.4) is 0 Å². The monoisotopic (exact) mass is 170 g/mol. The van der Waals surface area contributed by atoms with Gasteiger partial charge in [0.15, 0.2) is 0 Å². The molecule has 0 fully saturated rings. The first-order valence-electron chi connectivity index (χ1n) is 4.19. The second kappa shape index (κ2) is 5.77. The molecule has 0 aromatic rings. The minimum absolute atomic E-state index is 0.0277. The van der Waals surface area contributed by atoms with Crippen LogP contribution < -0.4 is 5.73 Å². The third-order valence-electron chi connectivity index (χ3n) is 1.80. The van der Waals surface area contributed by atoms with Crippen molar-refractivity contribution in [3.05, 3.63) is 12.7 Å². The van der Waals surface area contributed by atoms with E-state index in [0.717, 1.165) is 6.42 Å². The van der Waals surface area contributed by atoms with E-state index in [0.29, 0.717) is 13.1 Å². The van der Waals surface area contributed by atoms with Crippen molar-refractivity contribution in [3.63, 3.8) is 0 Å². The fourth-order valence-corrected chi connectivity index (χ4v) is 1.03. The summed E-state index contributed by atoms with van der Waals surface area (Å²) >= 11 is 0. The van der Waals surface area contributed by atoms with Gasteiger partial charge in [-0.1, -0.05) is 13.0 Å². The highest BCUT2D eigenvalue weighted by atomic mass is 16.2. The topological polar surface area (TPSA) is 46.3 Å². The van der Waals surface area contributed by atoms with Crippen molar-refractivity contribution in [2.24, 2.45) is 11.7 Å². The average Bonchev–Trinajstić information content (AvgIpc) is 2.04. The Labute approximate surface area is 74.2 Å². The summed E-state index contributed by atoms with van der Waals surface area (Å²) in [5.74, 6) is 0.167. The molecule has 0 aliphatic carbocycles. The Hall–Kier alpha value is -0.830. The van der Waals surface area contributed by atoms with Gasteiger partial charge in [-0.2, -0.15) is 0 Å². The molecule has 0 rings (SSSR count). The van der Waals surface area contributed by atoms with Crippen LogP contribution in [0, 0.1) is 5.92 Å². The first-order chi connectivity index (χ1) is 5.63. The summed E-state index contributed by atoms with van der Waals surface area (Å²) in [6.07, 6.45) is 2.47. The zero-order valence-electron chi connectivity index (χ0n) is 7.92. The minimum atomic E-state index is 0.0277. The lowest BCUT2D eigenvalue weighted by molar-refractivity contribution is -0.133. The van der Waals surface area contributed by atoms with Crippen LogP contribution in [-0.4, -0.2) is 30.9 Å². The van der Waals surface area contributed by atoms with Crippen molar-refractivity contribution >= 4 is 5.91 Å². The molecule has 0 saturated carbocycles. The molecule has 0 radical (unpaired) electrons. The van der Waals surface area contributed by atoms with Crippen molar-refractivity contribution in [1.82, 2.24) is 4.90 Å². The van der Waals surface area contributed by atoms with Gasteiger partial charge < -0.3 is 10.6 Å². The quantitative estimate of drug-likeness (QED) is 0.615. The van der Waals surface area contributed by atoms with E-state index in [-0.39, 0.29) is 11.8 Å². The maximum absolute atomic E-state index is 11.4. The number of likely N-dealkylation sites (N-methyl/N-ethyl adjacent to an activating group) is 1. The molecule has 70 valence electrons. The first-order valence-corrected chi connectivity index (χ1v) is 4.19. The number of amides is 1. The van der Waals surface area contributed by atoms with Crippen LogP contribution in [-0.2, 0) is 4.79 Å². The van der Waals surface area contributed by atoms with Gasteiger partial charge in [-0.3, -0.25) is 4.79 Å². The van der Waals surface area contributed by atoms with Gasteiger partial charge in [0.25, 0.3) is 0 Å². The molecule has 0 saturated heterocycles. The highest BCUT2D eigenvalue weighted by molar-refractivity contribution is 5.78. The van der Waals surface area contributed by atoms with E-state index in [9.17, 15) is 4.79 Å². The average molecular weight is 170 g/mol. The Bertz CT molecular complexity index is 157. The van der Waals surface area contributed by atoms with Crippen molar-refractivity contribution in [2.45, 2.75) is 13.3 Å². The van der Waals surface area contributed by atoms with Crippen LogP contribution >= 0.6 is 0 Å². The molecule has 0 aromatic carbocycles. The molecule has 2 N–H and O–H groups in total. The van der Waals surface area contributed by atoms with Gasteiger partial charge >= 0.3 is 0 Å². The van der Waals surface area contributed by atoms with Gasteiger partial charge in [0.1, 0.15) is 0 Å². The van der Waals surface area contributed by atoms with E-state index in [2.05, 4.69) is 6.58 Å². The van der Waals surface area contributed by atoms with E-state index < -0.39 is 0 Å². The smallest absolute Gasteiger partial charge is 0.225 e. The van der Waals surface area contributed by atoms with Crippen LogP contribution in [0.1, 0.15) is 13.3 Å². The minimum Gasteiger partial charge on any atom is -0.342 e. The number of rotatable bonds is 5. The van der Waals surface area contributed by atoms with Crippen LogP contribution in [0.25, 0.3) is 0 Å². The number of nitrogens with two attached hydrogens (primary N) is 1. The second-order valence-corrected chi connectivity index (χ2v) is 2.99. The molecular weight excluding hydrogens is 152 g/mol. The molecule has 0 spiro atoms. The summed E-state index contributed by atoms with van der Waals surface area (Å²) < 4.78 is 0. The number of hydrogen-bond acceptors (Lipinski definition) is 2. The number of carbonyl (C=O) groups excluding carboxylic acids is 1. The van der Waals surface area contributed by atoms with Gasteiger partial charge in [-0.05, 0) is 13.0 Å². The molecule has 1 amide bonds. The molecule has 0 aliphatic heterocycles. The highest BCUT2D eigenvalue weighted by Crippen LogP contribution is 2.04. The van der Waals surface area contributed by atoms with Crippen LogP contribution in [0.5, 0.6) is 0 Å². The lowest BCUT2D eigenvalue weighted by Crippen LogP contribution is -2.32. The Kier molecular flexibility index (Phi) is 5.37. The maximum atomic E-state index is 11.4. The summed E-state index contributed by atoms with van der Waals surface area (Å²) in [6.45, 7) is 6.64. The number of hydrogen-bond donors (Lipinski definition) is 1. The highest BCUT2D eigenvalue weighted by Gasteiger charge is 2.14. The normalized spacial score (nSPS) is 12.2. The molecule has 1 unspecified atom stereocenters. The fraction of sp³-hybridized carbons (Fsp3) is 0.667. The maximum Gasteiger partial charge on any atom is 0.225 e. The van der Waals surface area contributed by atoms with Gasteiger partial charge in [-0.25, -0.2) is 0 Å².